The van der Waals surface area contributed by atoms with E-state index in [9.17, 15) is 13.2 Å². The van der Waals surface area contributed by atoms with Crippen LogP contribution < -0.4 is 4.72 Å². The van der Waals surface area contributed by atoms with E-state index >= 15 is 0 Å². The Hall–Kier alpha value is -1.82. The van der Waals surface area contributed by atoms with Gasteiger partial charge >= 0.3 is 6.03 Å². The summed E-state index contributed by atoms with van der Waals surface area (Å²) in [6.07, 6.45) is 5.49. The Morgan fingerprint density at radius 2 is 1.67 bits per heavy atom. The first kappa shape index (κ1) is 15.6. The molecule has 1 aliphatic rings. The predicted octanol–water partition coefficient (Wildman–Crippen LogP) is 2.57. The maximum Gasteiger partial charge on any atom is 0.331 e. The number of amides is 2. The van der Waals surface area contributed by atoms with Crippen LogP contribution in [-0.4, -0.2) is 32.4 Å². The van der Waals surface area contributed by atoms with Gasteiger partial charge < -0.3 is 4.90 Å². The molecule has 0 bridgehead atoms. The summed E-state index contributed by atoms with van der Waals surface area (Å²) < 4.78 is 25.9. The Morgan fingerprint density at radius 1 is 1.05 bits per heavy atom. The number of carbonyl (C=O) groups excluding carboxylic acids is 1. The van der Waals surface area contributed by atoms with Crippen molar-refractivity contribution in [1.82, 2.24) is 9.62 Å². The summed E-state index contributed by atoms with van der Waals surface area (Å²) in [5.74, 6) is 0. The van der Waals surface area contributed by atoms with E-state index in [1.807, 2.05) is 18.2 Å². The number of nitrogens with zero attached hydrogens (tertiary/aromatic N) is 1. The lowest BCUT2D eigenvalue weighted by molar-refractivity contribution is 0.206. The van der Waals surface area contributed by atoms with Crippen molar-refractivity contribution < 1.29 is 13.2 Å². The number of rotatable bonds is 3. The molecular formula is C15H20N2O3S. The molecule has 0 saturated carbocycles. The summed E-state index contributed by atoms with van der Waals surface area (Å²) in [6.45, 7) is 1.23. The molecule has 6 heteroatoms. The van der Waals surface area contributed by atoms with Gasteiger partial charge in [-0.05, 0) is 24.5 Å². The van der Waals surface area contributed by atoms with Gasteiger partial charge in [0.25, 0.3) is 10.0 Å². The van der Waals surface area contributed by atoms with Crippen molar-refractivity contribution in [3.63, 3.8) is 0 Å². The molecule has 2 rings (SSSR count). The maximum absolute atomic E-state index is 12.0. The molecule has 0 aliphatic carbocycles. The van der Waals surface area contributed by atoms with Crippen LogP contribution in [0.1, 0.15) is 31.2 Å². The van der Waals surface area contributed by atoms with E-state index in [1.54, 1.807) is 17.0 Å². The normalized spacial score (nSPS) is 16.7. The third kappa shape index (κ3) is 5.23. The Kier molecular flexibility index (Phi) is 5.38. The van der Waals surface area contributed by atoms with Crippen LogP contribution in [0.3, 0.4) is 0 Å². The van der Waals surface area contributed by atoms with E-state index in [-0.39, 0.29) is 0 Å². The monoisotopic (exact) mass is 308 g/mol. The summed E-state index contributed by atoms with van der Waals surface area (Å²) in [5.41, 5.74) is 0.769. The minimum Gasteiger partial charge on any atom is -0.324 e. The van der Waals surface area contributed by atoms with Crippen molar-refractivity contribution in [2.45, 2.75) is 25.7 Å². The predicted molar refractivity (Wildman–Crippen MR) is 83.0 cm³/mol. The first-order chi connectivity index (χ1) is 10.1. The molecular weight excluding hydrogens is 288 g/mol. The molecule has 0 radical (unpaired) electrons. The Bertz CT molecular complexity index is 589. The maximum atomic E-state index is 12.0. The highest BCUT2D eigenvalue weighted by Gasteiger charge is 2.19. The first-order valence-corrected chi connectivity index (χ1v) is 8.66. The van der Waals surface area contributed by atoms with E-state index in [2.05, 4.69) is 4.72 Å². The molecule has 0 atom stereocenters. The third-order valence-corrected chi connectivity index (χ3v) is 4.32. The fourth-order valence-corrected chi connectivity index (χ4v) is 3.00. The average molecular weight is 308 g/mol. The molecule has 1 aromatic carbocycles. The minimum atomic E-state index is -3.76. The van der Waals surface area contributed by atoms with Crippen LogP contribution in [0.4, 0.5) is 4.79 Å². The zero-order valence-corrected chi connectivity index (χ0v) is 12.7. The number of sulfonamides is 1. The van der Waals surface area contributed by atoms with Gasteiger partial charge in [0.2, 0.25) is 0 Å². The highest BCUT2D eigenvalue weighted by Crippen LogP contribution is 2.10. The van der Waals surface area contributed by atoms with E-state index in [4.69, 9.17) is 0 Å². The van der Waals surface area contributed by atoms with Crippen LogP contribution >= 0.6 is 0 Å². The second-order valence-corrected chi connectivity index (χ2v) is 6.63. The molecule has 1 saturated heterocycles. The number of hydrogen-bond donors (Lipinski definition) is 1. The van der Waals surface area contributed by atoms with E-state index in [0.29, 0.717) is 13.1 Å². The molecule has 21 heavy (non-hydrogen) atoms. The van der Waals surface area contributed by atoms with Crippen molar-refractivity contribution >= 4 is 22.1 Å². The quantitative estimate of drug-likeness (QED) is 0.933. The zero-order valence-electron chi connectivity index (χ0n) is 11.9. The SMILES string of the molecule is O=C(NS(=O)(=O)C=Cc1ccccc1)N1CCCCCC1. The number of nitrogens with one attached hydrogen (secondary N) is 1. The second kappa shape index (κ2) is 7.26. The van der Waals surface area contributed by atoms with Gasteiger partial charge in [-0.3, -0.25) is 0 Å². The molecule has 2 amide bonds. The lowest BCUT2D eigenvalue weighted by Gasteiger charge is -2.19. The van der Waals surface area contributed by atoms with Gasteiger partial charge in [0.05, 0.1) is 5.41 Å². The Morgan fingerprint density at radius 3 is 2.29 bits per heavy atom. The number of likely N-dealkylation sites (tertiary alicyclic amines) is 1. The van der Waals surface area contributed by atoms with Crippen molar-refractivity contribution in [3.05, 3.63) is 41.3 Å². The van der Waals surface area contributed by atoms with Gasteiger partial charge in [0.1, 0.15) is 0 Å². The number of carbonyl (C=O) groups is 1. The number of benzene rings is 1. The van der Waals surface area contributed by atoms with Crippen molar-refractivity contribution in [3.8, 4) is 0 Å². The molecule has 0 aromatic heterocycles. The largest absolute Gasteiger partial charge is 0.331 e. The zero-order chi connectivity index (χ0) is 15.1. The van der Waals surface area contributed by atoms with E-state index < -0.39 is 16.1 Å². The standard InChI is InChI=1S/C15H20N2O3S/c18-15(17-11-6-1-2-7-12-17)16-21(19,20)13-10-14-8-4-3-5-9-14/h3-5,8-10,13H,1-2,6-7,11-12H2,(H,16,18). The lowest BCUT2D eigenvalue weighted by atomic mass is 10.2. The molecule has 0 unspecified atom stereocenters. The fourth-order valence-electron chi connectivity index (χ4n) is 2.23. The second-order valence-electron chi connectivity index (χ2n) is 5.07. The highest BCUT2D eigenvalue weighted by atomic mass is 32.2. The van der Waals surface area contributed by atoms with Crippen LogP contribution in [0.15, 0.2) is 35.7 Å². The number of hydrogen-bond acceptors (Lipinski definition) is 3. The molecule has 1 N–H and O–H groups in total. The summed E-state index contributed by atoms with van der Waals surface area (Å²) >= 11 is 0. The van der Waals surface area contributed by atoms with Crippen LogP contribution in [-0.2, 0) is 10.0 Å². The molecule has 1 heterocycles. The molecule has 1 fully saturated rings. The topological polar surface area (TPSA) is 66.5 Å². The summed E-state index contributed by atoms with van der Waals surface area (Å²) in [4.78, 5) is 13.5. The Labute approximate surface area is 125 Å². The minimum absolute atomic E-state index is 0.533. The summed E-state index contributed by atoms with van der Waals surface area (Å²) in [7, 11) is -3.76. The molecule has 5 nitrogen and oxygen atoms in total. The fraction of sp³-hybridized carbons (Fsp3) is 0.400. The first-order valence-electron chi connectivity index (χ1n) is 7.12. The van der Waals surface area contributed by atoms with Gasteiger partial charge in [-0.1, -0.05) is 43.2 Å². The molecule has 1 aliphatic heterocycles. The molecule has 114 valence electrons. The Balaban J connectivity index is 1.96. The van der Waals surface area contributed by atoms with Gasteiger partial charge in [0.15, 0.2) is 0 Å². The van der Waals surface area contributed by atoms with Crippen molar-refractivity contribution in [2.75, 3.05) is 13.1 Å². The van der Waals surface area contributed by atoms with Gasteiger partial charge in [-0.25, -0.2) is 17.9 Å². The third-order valence-electron chi connectivity index (χ3n) is 3.36. The van der Waals surface area contributed by atoms with Gasteiger partial charge in [0, 0.05) is 13.1 Å². The average Bonchev–Trinajstić information content (AvgIpc) is 2.75. The van der Waals surface area contributed by atoms with Crippen LogP contribution in [0.5, 0.6) is 0 Å². The lowest BCUT2D eigenvalue weighted by Crippen LogP contribution is -2.42. The van der Waals surface area contributed by atoms with Crippen molar-refractivity contribution in [2.24, 2.45) is 0 Å². The van der Waals surface area contributed by atoms with Gasteiger partial charge in [-0.15, -0.1) is 0 Å². The smallest absolute Gasteiger partial charge is 0.324 e. The van der Waals surface area contributed by atoms with E-state index in [0.717, 1.165) is 36.7 Å². The summed E-state index contributed by atoms with van der Waals surface area (Å²) in [6, 6.07) is 8.55. The molecule has 1 aromatic rings. The molecule has 0 spiro atoms. The van der Waals surface area contributed by atoms with Crippen LogP contribution in [0, 0.1) is 0 Å². The summed E-state index contributed by atoms with van der Waals surface area (Å²) in [5, 5.41) is 1.03. The van der Waals surface area contributed by atoms with Crippen molar-refractivity contribution in [1.29, 1.82) is 0 Å². The number of urea groups is 1. The highest BCUT2D eigenvalue weighted by molar-refractivity contribution is 7.93. The van der Waals surface area contributed by atoms with Gasteiger partial charge in [-0.2, -0.15) is 0 Å². The van der Waals surface area contributed by atoms with Crippen LogP contribution in [0.25, 0.3) is 6.08 Å². The van der Waals surface area contributed by atoms with E-state index in [1.165, 1.54) is 6.08 Å². The van der Waals surface area contributed by atoms with Crippen LogP contribution in [0.2, 0.25) is 0 Å².